The third-order valence-corrected chi connectivity index (χ3v) is 8.03. The van der Waals surface area contributed by atoms with Gasteiger partial charge in [0.1, 0.15) is 12.2 Å². The highest BCUT2D eigenvalue weighted by atomic mass is 16.5. The summed E-state index contributed by atoms with van der Waals surface area (Å²) in [5.41, 5.74) is 1.98. The zero-order valence-corrected chi connectivity index (χ0v) is 24.4. The van der Waals surface area contributed by atoms with E-state index < -0.39 is 29.8 Å². The summed E-state index contributed by atoms with van der Waals surface area (Å²) in [5, 5.41) is 42.7. The van der Waals surface area contributed by atoms with Crippen LogP contribution in [0.15, 0.2) is 59.3 Å². The minimum absolute atomic E-state index is 0.217. The normalized spacial score (nSPS) is 28.9. The Morgan fingerprint density at radius 2 is 1.53 bits per heavy atom. The molecular weight excluding hydrogens is 480 g/mol. The Bertz CT molecular complexity index is 878. The summed E-state index contributed by atoms with van der Waals surface area (Å²) in [7, 11) is 0. The Labute approximate surface area is 230 Å². The first-order valence-corrected chi connectivity index (χ1v) is 14.1. The van der Waals surface area contributed by atoms with Crippen LogP contribution >= 0.6 is 0 Å². The average molecular weight is 533 g/mol. The van der Waals surface area contributed by atoms with Crippen molar-refractivity contribution in [1.29, 1.82) is 0 Å². The van der Waals surface area contributed by atoms with E-state index in [0.717, 1.165) is 61.7 Å². The van der Waals surface area contributed by atoms with E-state index in [-0.39, 0.29) is 11.9 Å². The van der Waals surface area contributed by atoms with E-state index in [1.807, 2.05) is 39.8 Å². The maximum absolute atomic E-state index is 13.3. The molecule has 0 saturated carbocycles. The first-order chi connectivity index (χ1) is 17.9. The second-order valence-electron chi connectivity index (χ2n) is 11.2. The number of cyclic esters (lactones) is 1. The molecule has 1 aliphatic heterocycles. The molecule has 1 unspecified atom stereocenters. The summed E-state index contributed by atoms with van der Waals surface area (Å²) in [4.78, 5) is 13.3. The van der Waals surface area contributed by atoms with Gasteiger partial charge in [0.2, 0.25) is 0 Å². The molecule has 1 aliphatic rings. The molecule has 0 aromatic carbocycles. The number of esters is 1. The highest BCUT2D eigenvalue weighted by Crippen LogP contribution is 2.38. The van der Waals surface area contributed by atoms with E-state index in [0.29, 0.717) is 18.6 Å². The number of hydrogen-bond donors (Lipinski definition) is 4. The quantitative estimate of drug-likeness (QED) is 0.210. The lowest BCUT2D eigenvalue weighted by atomic mass is 9.73. The van der Waals surface area contributed by atoms with Crippen LogP contribution < -0.4 is 0 Å². The molecule has 216 valence electrons. The number of aliphatic hydroxyl groups is 4. The van der Waals surface area contributed by atoms with Crippen molar-refractivity contribution in [3.63, 3.8) is 0 Å². The fourth-order valence-corrected chi connectivity index (χ4v) is 4.86. The predicted octanol–water partition coefficient (Wildman–Crippen LogP) is 5.72. The van der Waals surface area contributed by atoms with Gasteiger partial charge < -0.3 is 25.2 Å². The highest BCUT2D eigenvalue weighted by molar-refractivity contribution is 5.91. The molecule has 0 amide bonds. The van der Waals surface area contributed by atoms with Crippen LogP contribution in [0.5, 0.6) is 0 Å². The smallest absolute Gasteiger partial charge is 0.334 e. The number of carbonyl (C=O) groups is 1. The number of carbonyl (C=O) groups excluding carboxylic acids is 1. The van der Waals surface area contributed by atoms with Crippen LogP contribution in [0.1, 0.15) is 92.9 Å². The molecule has 6 heteroatoms. The molecule has 0 spiro atoms. The van der Waals surface area contributed by atoms with Crippen molar-refractivity contribution in [2.45, 2.75) is 117 Å². The Morgan fingerprint density at radius 3 is 2.13 bits per heavy atom. The lowest BCUT2D eigenvalue weighted by Crippen LogP contribution is -2.46. The standard InChI is InChI=1S/C32H52O6/c1-8-9-17-22(2)28-24(4)23(3)25(5)32(6,7)30(36)29(35)27(34)20-19-26(33)18-15-13-11-10-12-14-16-21-38-31(28)37/h8-9,17,19-20,22,26-27,29-30,33-36H,1,10-16,18,21H2,2-7H3/t22-,26-,27-,29?,30+/m0/s1. The van der Waals surface area contributed by atoms with Gasteiger partial charge in [0.15, 0.2) is 0 Å². The van der Waals surface area contributed by atoms with Crippen molar-refractivity contribution >= 4 is 5.97 Å². The number of allylic oxidation sites excluding steroid dienone is 5. The third kappa shape index (κ3) is 10.3. The lowest BCUT2D eigenvalue weighted by Gasteiger charge is -2.37. The van der Waals surface area contributed by atoms with E-state index in [4.69, 9.17) is 4.74 Å². The molecule has 0 fully saturated rings. The Morgan fingerprint density at radius 1 is 0.947 bits per heavy atom. The molecule has 0 aliphatic carbocycles. The van der Waals surface area contributed by atoms with Crippen molar-refractivity contribution in [2.75, 3.05) is 6.61 Å². The predicted molar refractivity (Wildman–Crippen MR) is 154 cm³/mol. The maximum Gasteiger partial charge on any atom is 0.334 e. The minimum Gasteiger partial charge on any atom is -0.462 e. The van der Waals surface area contributed by atoms with E-state index in [1.54, 1.807) is 19.9 Å². The van der Waals surface area contributed by atoms with Crippen LogP contribution in [-0.2, 0) is 9.53 Å². The Kier molecular flexibility index (Phi) is 15.1. The van der Waals surface area contributed by atoms with Crippen LogP contribution in [0.2, 0.25) is 0 Å². The van der Waals surface area contributed by atoms with E-state index in [1.165, 1.54) is 12.2 Å². The molecule has 4 N–H and O–H groups in total. The molecule has 0 saturated heterocycles. The number of rotatable bonds is 3. The van der Waals surface area contributed by atoms with Crippen LogP contribution in [0.4, 0.5) is 0 Å². The zero-order valence-electron chi connectivity index (χ0n) is 24.4. The zero-order chi connectivity index (χ0) is 28.9. The molecule has 5 atom stereocenters. The summed E-state index contributed by atoms with van der Waals surface area (Å²) >= 11 is 0. The highest BCUT2D eigenvalue weighted by Gasteiger charge is 2.38. The van der Waals surface area contributed by atoms with Gasteiger partial charge in [0, 0.05) is 16.9 Å². The average Bonchev–Trinajstić information content (AvgIpc) is 2.89. The topological polar surface area (TPSA) is 107 Å². The molecule has 38 heavy (non-hydrogen) atoms. The first kappa shape index (κ1) is 34.0. The fraction of sp³-hybridized carbons (Fsp3) is 0.656. The molecule has 1 rings (SSSR count). The molecule has 1 heterocycles. The second kappa shape index (κ2) is 16.9. The van der Waals surface area contributed by atoms with E-state index in [2.05, 4.69) is 6.58 Å². The van der Waals surface area contributed by atoms with Gasteiger partial charge in [-0.05, 0) is 44.8 Å². The number of hydrogen-bond acceptors (Lipinski definition) is 6. The van der Waals surface area contributed by atoms with Gasteiger partial charge in [-0.25, -0.2) is 4.79 Å². The monoisotopic (exact) mass is 532 g/mol. The SMILES string of the molecule is C=CC=C[C@H](C)C1=C(C)C(C)=C(C)C(C)(C)[C@H](O)C(O)[C@@H](O)C=C[C@@H](O)CCCCCCCCCOC1=O. The van der Waals surface area contributed by atoms with Crippen molar-refractivity contribution in [3.05, 3.63) is 59.3 Å². The first-order valence-electron chi connectivity index (χ1n) is 14.1. The molecule has 0 radical (unpaired) electrons. The molecule has 0 aromatic heterocycles. The summed E-state index contributed by atoms with van der Waals surface area (Å²) in [5.74, 6) is -0.568. The molecule has 0 bridgehead atoms. The second-order valence-corrected chi connectivity index (χ2v) is 11.2. The van der Waals surface area contributed by atoms with Gasteiger partial charge in [0.05, 0.1) is 18.8 Å². The van der Waals surface area contributed by atoms with Gasteiger partial charge in [0.25, 0.3) is 0 Å². The van der Waals surface area contributed by atoms with Crippen LogP contribution in [0.3, 0.4) is 0 Å². The van der Waals surface area contributed by atoms with Crippen molar-refractivity contribution in [2.24, 2.45) is 11.3 Å². The van der Waals surface area contributed by atoms with Crippen LogP contribution in [0.25, 0.3) is 0 Å². The summed E-state index contributed by atoms with van der Waals surface area (Å²) < 4.78 is 5.70. The van der Waals surface area contributed by atoms with E-state index >= 15 is 0 Å². The van der Waals surface area contributed by atoms with E-state index in [9.17, 15) is 25.2 Å². The molecular formula is C32H52O6. The van der Waals surface area contributed by atoms with Crippen LogP contribution in [-0.4, -0.2) is 57.4 Å². The molecule has 0 aromatic rings. The van der Waals surface area contributed by atoms with Gasteiger partial charge in [-0.1, -0.05) is 102 Å². The lowest BCUT2D eigenvalue weighted by molar-refractivity contribution is -0.139. The van der Waals surface area contributed by atoms with Gasteiger partial charge >= 0.3 is 5.97 Å². The largest absolute Gasteiger partial charge is 0.462 e. The molecule has 6 nitrogen and oxygen atoms in total. The van der Waals surface area contributed by atoms with Crippen LogP contribution in [0, 0.1) is 11.3 Å². The number of aliphatic hydroxyl groups excluding tert-OH is 4. The van der Waals surface area contributed by atoms with Crippen molar-refractivity contribution in [3.8, 4) is 0 Å². The van der Waals surface area contributed by atoms with Crippen molar-refractivity contribution in [1.82, 2.24) is 0 Å². The summed E-state index contributed by atoms with van der Waals surface area (Å²) in [6.45, 7) is 15.3. The maximum atomic E-state index is 13.3. The van der Waals surface area contributed by atoms with Gasteiger partial charge in [-0.2, -0.15) is 0 Å². The van der Waals surface area contributed by atoms with Gasteiger partial charge in [-0.15, -0.1) is 0 Å². The summed E-state index contributed by atoms with van der Waals surface area (Å²) in [6.07, 6.45) is 10.9. The Balaban J connectivity index is 3.45. The Hall–Kier alpha value is -1.99. The summed E-state index contributed by atoms with van der Waals surface area (Å²) in [6, 6.07) is 0. The minimum atomic E-state index is -1.46. The number of ether oxygens (including phenoxy) is 1. The third-order valence-electron chi connectivity index (χ3n) is 8.03. The van der Waals surface area contributed by atoms with Crippen molar-refractivity contribution < 1.29 is 30.0 Å². The van der Waals surface area contributed by atoms with Gasteiger partial charge in [-0.3, -0.25) is 0 Å². The fourth-order valence-electron chi connectivity index (χ4n) is 4.86.